The zero-order valence-corrected chi connectivity index (χ0v) is 17.8. The van der Waals surface area contributed by atoms with Gasteiger partial charge in [-0.05, 0) is 56.7 Å². The lowest BCUT2D eigenvalue weighted by Gasteiger charge is -2.37. The Morgan fingerprint density at radius 2 is 1.86 bits per heavy atom. The quantitative estimate of drug-likeness (QED) is 0.771. The number of anilines is 1. The Balaban J connectivity index is 1.44. The molecule has 1 aromatic carbocycles. The van der Waals surface area contributed by atoms with Crippen LogP contribution >= 0.6 is 0 Å². The first-order chi connectivity index (χ1) is 14.0. The molecule has 2 heterocycles. The van der Waals surface area contributed by atoms with Crippen molar-refractivity contribution in [1.29, 1.82) is 0 Å². The third-order valence-electron chi connectivity index (χ3n) is 7.01. The van der Waals surface area contributed by atoms with E-state index in [-0.39, 0.29) is 17.9 Å². The van der Waals surface area contributed by atoms with Crippen LogP contribution < -0.4 is 10.2 Å². The Labute approximate surface area is 174 Å². The number of hydrogen-bond donors (Lipinski definition) is 1. The summed E-state index contributed by atoms with van der Waals surface area (Å²) in [5.74, 6) is 0.161. The molecule has 1 aliphatic carbocycles. The Morgan fingerprint density at radius 3 is 2.62 bits per heavy atom. The fourth-order valence-electron chi connectivity index (χ4n) is 5.29. The van der Waals surface area contributed by atoms with Crippen LogP contribution in [0.25, 0.3) is 0 Å². The van der Waals surface area contributed by atoms with E-state index in [1.165, 1.54) is 35.4 Å². The number of imide groups is 1. The third-order valence-corrected chi connectivity index (χ3v) is 7.01. The average Bonchev–Trinajstić information content (AvgIpc) is 2.96. The smallest absolute Gasteiger partial charge is 0.326 e. The van der Waals surface area contributed by atoms with Gasteiger partial charge in [-0.3, -0.25) is 9.69 Å². The lowest BCUT2D eigenvalue weighted by Crippen LogP contribution is -2.54. The van der Waals surface area contributed by atoms with E-state index in [4.69, 9.17) is 0 Å². The number of rotatable bonds is 5. The van der Waals surface area contributed by atoms with Crippen LogP contribution in [0.3, 0.4) is 0 Å². The largest absolute Gasteiger partial charge is 0.371 e. The molecule has 158 valence electrons. The maximum atomic E-state index is 13.2. The van der Waals surface area contributed by atoms with Gasteiger partial charge in [-0.15, -0.1) is 0 Å². The molecule has 2 atom stereocenters. The molecule has 2 aliphatic heterocycles. The van der Waals surface area contributed by atoms with Crippen LogP contribution in [0, 0.1) is 5.92 Å². The van der Waals surface area contributed by atoms with Crippen molar-refractivity contribution in [3.63, 3.8) is 0 Å². The predicted octanol–water partition coefficient (Wildman–Crippen LogP) is 3.57. The summed E-state index contributed by atoms with van der Waals surface area (Å²) in [6, 6.07) is 8.29. The van der Waals surface area contributed by atoms with Crippen molar-refractivity contribution >= 4 is 17.6 Å². The first kappa shape index (κ1) is 20.2. The van der Waals surface area contributed by atoms with Gasteiger partial charge in [0.15, 0.2) is 0 Å². The van der Waals surface area contributed by atoms with Crippen molar-refractivity contribution in [3.05, 3.63) is 29.8 Å². The van der Waals surface area contributed by atoms with Gasteiger partial charge in [-0.25, -0.2) is 9.69 Å². The van der Waals surface area contributed by atoms with E-state index in [0.29, 0.717) is 13.2 Å². The topological polar surface area (TPSA) is 55.9 Å². The summed E-state index contributed by atoms with van der Waals surface area (Å²) in [4.78, 5) is 31.8. The highest BCUT2D eigenvalue weighted by Gasteiger charge is 2.54. The van der Waals surface area contributed by atoms with Crippen LogP contribution in [-0.2, 0) is 11.3 Å². The number of benzene rings is 1. The van der Waals surface area contributed by atoms with Gasteiger partial charge in [-0.2, -0.15) is 0 Å². The van der Waals surface area contributed by atoms with Crippen molar-refractivity contribution in [2.75, 3.05) is 31.7 Å². The van der Waals surface area contributed by atoms with E-state index in [1.807, 2.05) is 7.05 Å². The highest BCUT2D eigenvalue weighted by molar-refractivity contribution is 6.07. The van der Waals surface area contributed by atoms with Crippen LogP contribution in [0.2, 0.25) is 0 Å². The Hall–Kier alpha value is -2.08. The van der Waals surface area contributed by atoms with Crippen molar-refractivity contribution in [1.82, 2.24) is 15.1 Å². The fourth-order valence-corrected chi connectivity index (χ4v) is 5.29. The second-order valence-electron chi connectivity index (χ2n) is 9.11. The maximum absolute atomic E-state index is 13.2. The molecule has 3 fully saturated rings. The number of hydrogen-bond acceptors (Lipinski definition) is 4. The number of para-hydroxylation sites is 1. The number of nitrogens with one attached hydrogen (secondary N) is 1. The SMILES string of the molecule is C[C@H]1CCCC[C@]12NC(=O)N(CN(C)Cc1ccccc1N1CCCCC1)C2=O. The summed E-state index contributed by atoms with van der Waals surface area (Å²) in [6.45, 7) is 5.35. The van der Waals surface area contributed by atoms with Gasteiger partial charge in [0, 0.05) is 25.3 Å². The molecule has 1 spiro atoms. The van der Waals surface area contributed by atoms with Gasteiger partial charge >= 0.3 is 6.03 Å². The highest BCUT2D eigenvalue weighted by atomic mass is 16.2. The fraction of sp³-hybridized carbons (Fsp3) is 0.652. The zero-order valence-electron chi connectivity index (χ0n) is 17.8. The molecule has 1 aromatic rings. The number of piperidine rings is 1. The number of carbonyl (C=O) groups excluding carboxylic acids is 2. The van der Waals surface area contributed by atoms with E-state index in [9.17, 15) is 9.59 Å². The maximum Gasteiger partial charge on any atom is 0.326 e. The Morgan fingerprint density at radius 1 is 1.10 bits per heavy atom. The first-order valence-electron chi connectivity index (χ1n) is 11.2. The van der Waals surface area contributed by atoms with E-state index in [2.05, 4.69) is 46.3 Å². The minimum absolute atomic E-state index is 0.0362. The van der Waals surface area contributed by atoms with Crippen molar-refractivity contribution in [2.45, 2.75) is 64.0 Å². The van der Waals surface area contributed by atoms with Crippen LogP contribution in [0.5, 0.6) is 0 Å². The number of amides is 3. The molecule has 0 aromatic heterocycles. The molecule has 0 bridgehead atoms. The van der Waals surface area contributed by atoms with E-state index < -0.39 is 5.54 Å². The van der Waals surface area contributed by atoms with Gasteiger partial charge in [0.2, 0.25) is 0 Å². The van der Waals surface area contributed by atoms with Crippen LogP contribution in [-0.4, -0.2) is 54.1 Å². The third kappa shape index (κ3) is 3.87. The van der Waals surface area contributed by atoms with Crippen LogP contribution in [0.15, 0.2) is 24.3 Å². The molecule has 6 heteroatoms. The zero-order chi connectivity index (χ0) is 20.4. The normalized spacial score (nSPS) is 27.8. The molecule has 0 unspecified atom stereocenters. The summed E-state index contributed by atoms with van der Waals surface area (Å²) in [6.07, 6.45) is 7.70. The van der Waals surface area contributed by atoms with Crippen LogP contribution in [0.4, 0.5) is 10.5 Å². The van der Waals surface area contributed by atoms with E-state index >= 15 is 0 Å². The molecule has 0 radical (unpaired) electrons. The lowest BCUT2D eigenvalue weighted by atomic mass is 9.73. The van der Waals surface area contributed by atoms with Gasteiger partial charge in [-0.1, -0.05) is 38.0 Å². The lowest BCUT2D eigenvalue weighted by molar-refractivity contribution is -0.135. The van der Waals surface area contributed by atoms with Gasteiger partial charge in [0.1, 0.15) is 5.54 Å². The molecular formula is C23H34N4O2. The number of urea groups is 1. The number of nitrogens with zero attached hydrogens (tertiary/aromatic N) is 3. The van der Waals surface area contributed by atoms with Gasteiger partial charge in [0.25, 0.3) is 5.91 Å². The summed E-state index contributed by atoms with van der Waals surface area (Å²) in [5.41, 5.74) is 1.86. The standard InChI is InChI=1S/C23H34N4O2/c1-18-10-6-7-13-23(18)21(28)27(22(29)24-23)17-25(2)16-19-11-4-5-12-20(19)26-14-8-3-9-15-26/h4-5,11-12,18H,3,6-10,13-17H2,1-2H3,(H,24,29)/t18-,23-/m0/s1. The average molecular weight is 399 g/mol. The molecular weight excluding hydrogens is 364 g/mol. The summed E-state index contributed by atoms with van der Waals surface area (Å²) < 4.78 is 0. The minimum Gasteiger partial charge on any atom is -0.371 e. The van der Waals surface area contributed by atoms with Crippen molar-refractivity contribution in [3.8, 4) is 0 Å². The second kappa shape index (κ2) is 8.34. The minimum atomic E-state index is -0.679. The summed E-state index contributed by atoms with van der Waals surface area (Å²) in [7, 11) is 1.99. The molecule has 1 saturated carbocycles. The predicted molar refractivity (Wildman–Crippen MR) is 115 cm³/mol. The second-order valence-corrected chi connectivity index (χ2v) is 9.11. The Bertz CT molecular complexity index is 761. The molecule has 6 nitrogen and oxygen atoms in total. The summed E-state index contributed by atoms with van der Waals surface area (Å²) >= 11 is 0. The van der Waals surface area contributed by atoms with Crippen molar-refractivity contribution in [2.24, 2.45) is 5.92 Å². The van der Waals surface area contributed by atoms with E-state index in [0.717, 1.165) is 38.8 Å². The van der Waals surface area contributed by atoms with Gasteiger partial charge < -0.3 is 10.2 Å². The summed E-state index contributed by atoms with van der Waals surface area (Å²) in [5, 5.41) is 3.05. The van der Waals surface area contributed by atoms with Crippen molar-refractivity contribution < 1.29 is 9.59 Å². The number of carbonyl (C=O) groups is 2. The molecule has 2 saturated heterocycles. The molecule has 1 N–H and O–H groups in total. The Kier molecular flexibility index (Phi) is 5.81. The van der Waals surface area contributed by atoms with Gasteiger partial charge in [0.05, 0.1) is 6.67 Å². The van der Waals surface area contributed by atoms with Crippen LogP contribution in [0.1, 0.15) is 57.4 Å². The molecule has 29 heavy (non-hydrogen) atoms. The highest BCUT2D eigenvalue weighted by Crippen LogP contribution is 2.38. The first-order valence-corrected chi connectivity index (χ1v) is 11.2. The molecule has 3 amide bonds. The monoisotopic (exact) mass is 398 g/mol. The molecule has 3 aliphatic rings. The van der Waals surface area contributed by atoms with E-state index in [1.54, 1.807) is 0 Å². The molecule has 4 rings (SSSR count).